The van der Waals surface area contributed by atoms with E-state index >= 15 is 0 Å². The maximum atomic E-state index is 12.7. The first-order valence-corrected chi connectivity index (χ1v) is 11.2. The van der Waals surface area contributed by atoms with Crippen LogP contribution in [0.15, 0.2) is 48.5 Å². The van der Waals surface area contributed by atoms with Gasteiger partial charge in [-0.15, -0.1) is 5.10 Å². The van der Waals surface area contributed by atoms with Crippen LogP contribution in [-0.2, 0) is 0 Å². The van der Waals surface area contributed by atoms with Crippen molar-refractivity contribution in [2.45, 2.75) is 38.9 Å². The van der Waals surface area contributed by atoms with E-state index in [4.69, 9.17) is 4.43 Å². The Bertz CT molecular complexity index is 908. The van der Waals surface area contributed by atoms with Gasteiger partial charge < -0.3 is 4.43 Å². The molecule has 130 valence electrons. The fourth-order valence-corrected chi connectivity index (χ4v) is 3.29. The zero-order valence-electron chi connectivity index (χ0n) is 15.3. The van der Waals surface area contributed by atoms with Gasteiger partial charge in [0.05, 0.1) is 5.52 Å². The fraction of sp³-hybridized carbons (Fsp3) is 0.316. The van der Waals surface area contributed by atoms with Gasteiger partial charge in [0.2, 0.25) is 8.32 Å². The number of fused-ring (bicyclic) bond motifs is 1. The zero-order valence-corrected chi connectivity index (χ0v) is 16.3. The smallest absolute Gasteiger partial charge is 0.280 e. The molecule has 0 saturated heterocycles. The zero-order chi connectivity index (χ0) is 18.2. The molecule has 25 heavy (non-hydrogen) atoms. The minimum Gasteiger partial charge on any atom is -0.544 e. The molecule has 0 aliphatic carbocycles. The van der Waals surface area contributed by atoms with Gasteiger partial charge in [-0.25, -0.2) is 0 Å². The van der Waals surface area contributed by atoms with Gasteiger partial charge >= 0.3 is 0 Å². The molecule has 0 saturated carbocycles. The summed E-state index contributed by atoms with van der Waals surface area (Å²) in [7, 11) is -1.89. The minimum absolute atomic E-state index is 0.126. The second-order valence-corrected chi connectivity index (χ2v) is 12.4. The predicted molar refractivity (Wildman–Crippen MR) is 102 cm³/mol. The summed E-state index contributed by atoms with van der Waals surface area (Å²) in [6.45, 7) is 11.0. The van der Waals surface area contributed by atoms with E-state index in [9.17, 15) is 4.79 Å². The molecule has 0 amide bonds. The van der Waals surface area contributed by atoms with E-state index < -0.39 is 8.32 Å². The molecule has 1 aromatic heterocycles. The third kappa shape index (κ3) is 3.35. The summed E-state index contributed by atoms with van der Waals surface area (Å²) in [5.74, 6) is 0.596. The number of hydrogen-bond acceptors (Lipinski definition) is 4. The summed E-state index contributed by atoms with van der Waals surface area (Å²) >= 11 is 0. The molecule has 0 spiro atoms. The first-order chi connectivity index (χ1) is 11.7. The van der Waals surface area contributed by atoms with Crippen LogP contribution in [0.25, 0.3) is 11.0 Å². The van der Waals surface area contributed by atoms with Crippen molar-refractivity contribution in [3.8, 4) is 5.75 Å². The van der Waals surface area contributed by atoms with Crippen molar-refractivity contribution in [1.29, 1.82) is 0 Å². The Morgan fingerprint density at radius 1 is 1.04 bits per heavy atom. The summed E-state index contributed by atoms with van der Waals surface area (Å²) in [6.07, 6.45) is 0. The lowest BCUT2D eigenvalue weighted by atomic mass is 10.2. The van der Waals surface area contributed by atoms with E-state index in [0.29, 0.717) is 16.6 Å². The summed E-state index contributed by atoms with van der Waals surface area (Å²) in [6, 6.07) is 14.7. The monoisotopic (exact) mass is 353 g/mol. The molecule has 0 aliphatic rings. The summed E-state index contributed by atoms with van der Waals surface area (Å²) < 4.78 is 7.59. The number of nitrogens with zero attached hydrogens (tertiary/aromatic N) is 3. The van der Waals surface area contributed by atoms with Crippen LogP contribution in [0.4, 0.5) is 0 Å². The Morgan fingerprint density at radius 3 is 2.32 bits per heavy atom. The largest absolute Gasteiger partial charge is 0.544 e. The lowest BCUT2D eigenvalue weighted by molar-refractivity contribution is 0.0948. The predicted octanol–water partition coefficient (Wildman–Crippen LogP) is 4.50. The first-order valence-electron chi connectivity index (χ1n) is 8.33. The van der Waals surface area contributed by atoms with Crippen molar-refractivity contribution in [1.82, 2.24) is 15.0 Å². The molecule has 0 bridgehead atoms. The molecule has 2 aromatic carbocycles. The SMILES string of the molecule is CC(C)(C)[Si](C)(C)Oc1ccc(C(=O)n2nnc3ccccc32)cc1. The molecule has 0 aliphatic heterocycles. The molecule has 3 aromatic rings. The van der Waals surface area contributed by atoms with Crippen molar-refractivity contribution in [3.05, 3.63) is 54.1 Å². The van der Waals surface area contributed by atoms with Gasteiger partial charge in [-0.05, 0) is 54.5 Å². The number of aromatic nitrogens is 3. The summed E-state index contributed by atoms with van der Waals surface area (Å²) in [4.78, 5) is 12.7. The number of para-hydroxylation sites is 1. The lowest BCUT2D eigenvalue weighted by Crippen LogP contribution is -2.43. The standard InChI is InChI=1S/C19H23N3O2Si/c1-19(2,3)25(4,5)24-15-12-10-14(11-13-15)18(23)22-17-9-7-6-8-16(17)20-21-22/h6-13H,1-5H3. The average molecular weight is 353 g/mol. The van der Waals surface area contributed by atoms with E-state index in [1.807, 2.05) is 36.4 Å². The van der Waals surface area contributed by atoms with Crippen LogP contribution in [-0.4, -0.2) is 29.2 Å². The highest BCUT2D eigenvalue weighted by atomic mass is 28.4. The molecule has 0 unspecified atom stereocenters. The Kier molecular flexibility index (Phi) is 4.24. The maximum Gasteiger partial charge on any atom is 0.280 e. The molecule has 0 fully saturated rings. The van der Waals surface area contributed by atoms with Gasteiger partial charge in [-0.2, -0.15) is 4.68 Å². The number of rotatable bonds is 3. The van der Waals surface area contributed by atoms with Crippen LogP contribution in [0.5, 0.6) is 5.75 Å². The van der Waals surface area contributed by atoms with Gasteiger partial charge in [0.25, 0.3) is 5.91 Å². The molecule has 0 atom stereocenters. The van der Waals surface area contributed by atoms with Crippen LogP contribution in [0.2, 0.25) is 18.1 Å². The number of carbonyl (C=O) groups excluding carboxylic acids is 1. The van der Waals surface area contributed by atoms with Crippen LogP contribution in [0, 0.1) is 0 Å². The summed E-state index contributed by atoms with van der Waals surface area (Å²) in [5, 5.41) is 8.14. The topological polar surface area (TPSA) is 57.0 Å². The van der Waals surface area contributed by atoms with Gasteiger partial charge in [-0.1, -0.05) is 38.1 Å². The van der Waals surface area contributed by atoms with Crippen molar-refractivity contribution in [2.75, 3.05) is 0 Å². The molecular formula is C19H23N3O2Si. The van der Waals surface area contributed by atoms with Crippen molar-refractivity contribution < 1.29 is 9.22 Å². The Balaban J connectivity index is 1.84. The van der Waals surface area contributed by atoms with Gasteiger partial charge in [0.15, 0.2) is 0 Å². The van der Waals surface area contributed by atoms with E-state index in [-0.39, 0.29) is 10.9 Å². The Labute approximate surface area is 148 Å². The van der Waals surface area contributed by atoms with Crippen molar-refractivity contribution in [2.24, 2.45) is 0 Å². The number of hydrogen-bond donors (Lipinski definition) is 0. The Morgan fingerprint density at radius 2 is 1.68 bits per heavy atom. The second-order valence-electron chi connectivity index (χ2n) is 7.68. The molecule has 5 nitrogen and oxygen atoms in total. The van der Waals surface area contributed by atoms with E-state index in [1.54, 1.807) is 12.1 Å². The van der Waals surface area contributed by atoms with Crippen LogP contribution < -0.4 is 4.43 Å². The van der Waals surface area contributed by atoms with E-state index in [0.717, 1.165) is 5.75 Å². The highest BCUT2D eigenvalue weighted by Gasteiger charge is 2.38. The van der Waals surface area contributed by atoms with Crippen molar-refractivity contribution >= 4 is 25.3 Å². The highest BCUT2D eigenvalue weighted by molar-refractivity contribution is 6.74. The van der Waals surface area contributed by atoms with E-state index in [2.05, 4.69) is 44.2 Å². The first kappa shape index (κ1) is 17.4. The van der Waals surface area contributed by atoms with E-state index in [1.165, 1.54) is 4.68 Å². The molecule has 6 heteroatoms. The quantitative estimate of drug-likeness (QED) is 0.650. The number of benzene rings is 2. The van der Waals surface area contributed by atoms with Crippen LogP contribution in [0.1, 0.15) is 31.1 Å². The summed E-state index contributed by atoms with van der Waals surface area (Å²) in [5.41, 5.74) is 1.96. The van der Waals surface area contributed by atoms with Gasteiger partial charge in [0, 0.05) is 5.56 Å². The van der Waals surface area contributed by atoms with Gasteiger partial charge in [-0.3, -0.25) is 4.79 Å². The molecule has 0 N–H and O–H groups in total. The molecule has 3 rings (SSSR count). The van der Waals surface area contributed by atoms with Crippen molar-refractivity contribution in [3.63, 3.8) is 0 Å². The second kappa shape index (κ2) is 6.11. The molecular weight excluding hydrogens is 330 g/mol. The fourth-order valence-electron chi connectivity index (χ4n) is 2.25. The highest BCUT2D eigenvalue weighted by Crippen LogP contribution is 2.37. The van der Waals surface area contributed by atoms with Crippen LogP contribution in [0.3, 0.4) is 0 Å². The lowest BCUT2D eigenvalue weighted by Gasteiger charge is -2.36. The minimum atomic E-state index is -1.89. The third-order valence-electron chi connectivity index (χ3n) is 4.82. The molecule has 0 radical (unpaired) electrons. The Hall–Kier alpha value is -2.47. The average Bonchev–Trinajstić information content (AvgIpc) is 2.97. The van der Waals surface area contributed by atoms with Gasteiger partial charge in [0.1, 0.15) is 11.3 Å². The number of carbonyl (C=O) groups is 1. The van der Waals surface area contributed by atoms with Crippen LogP contribution >= 0.6 is 0 Å². The third-order valence-corrected chi connectivity index (χ3v) is 9.18. The maximum absolute atomic E-state index is 12.7. The molecule has 1 heterocycles. The normalized spacial score (nSPS) is 12.4.